The van der Waals surface area contributed by atoms with Gasteiger partial charge in [-0.25, -0.2) is 0 Å². The Morgan fingerprint density at radius 3 is 2.83 bits per heavy atom. The van der Waals surface area contributed by atoms with Crippen LogP contribution in [0.1, 0.15) is 38.3 Å². The quantitative estimate of drug-likeness (QED) is 0.872. The molecule has 1 fully saturated rings. The molecular weight excluding hydrogens is 226 g/mol. The lowest BCUT2D eigenvalue weighted by molar-refractivity contribution is 0.0889. The Kier molecular flexibility index (Phi) is 4.61. The monoisotopic (exact) mass is 249 g/mol. The molecule has 0 aliphatic carbocycles. The molecule has 1 aromatic carbocycles. The summed E-state index contributed by atoms with van der Waals surface area (Å²) in [5.74, 6) is 1.41. The zero-order valence-electron chi connectivity index (χ0n) is 11.3. The van der Waals surface area contributed by atoms with Crippen molar-refractivity contribution >= 4 is 0 Å². The van der Waals surface area contributed by atoms with Crippen LogP contribution in [0.2, 0.25) is 0 Å². The predicted molar refractivity (Wildman–Crippen MR) is 72.7 cm³/mol. The smallest absolute Gasteiger partial charge is 0.124 e. The van der Waals surface area contributed by atoms with Crippen LogP contribution < -0.4 is 10.5 Å². The summed E-state index contributed by atoms with van der Waals surface area (Å²) in [7, 11) is 0. The average Bonchev–Trinajstić information content (AvgIpc) is 2.89. The molecule has 0 saturated carbocycles. The molecule has 18 heavy (non-hydrogen) atoms. The van der Waals surface area contributed by atoms with Gasteiger partial charge in [-0.15, -0.1) is 0 Å². The van der Waals surface area contributed by atoms with E-state index >= 15 is 0 Å². The highest BCUT2D eigenvalue weighted by molar-refractivity contribution is 5.36. The van der Waals surface area contributed by atoms with E-state index in [0.717, 1.165) is 37.4 Å². The Morgan fingerprint density at radius 1 is 1.39 bits per heavy atom. The highest BCUT2D eigenvalue weighted by Crippen LogP contribution is 2.31. The molecule has 1 heterocycles. The molecule has 1 aromatic rings. The molecule has 2 atom stereocenters. The van der Waals surface area contributed by atoms with Crippen LogP contribution in [0.4, 0.5) is 0 Å². The van der Waals surface area contributed by atoms with Crippen LogP contribution in [0.5, 0.6) is 5.75 Å². The van der Waals surface area contributed by atoms with Crippen LogP contribution >= 0.6 is 0 Å². The lowest BCUT2D eigenvalue weighted by Crippen LogP contribution is -2.26. The van der Waals surface area contributed by atoms with Crippen LogP contribution in [0.3, 0.4) is 0 Å². The van der Waals surface area contributed by atoms with Gasteiger partial charge in [-0.1, -0.05) is 32.0 Å². The molecule has 2 unspecified atom stereocenters. The van der Waals surface area contributed by atoms with Gasteiger partial charge in [0.2, 0.25) is 0 Å². The Hall–Kier alpha value is -1.06. The van der Waals surface area contributed by atoms with E-state index in [9.17, 15) is 0 Å². The molecule has 0 amide bonds. The highest BCUT2D eigenvalue weighted by Gasteiger charge is 2.26. The second-order valence-electron chi connectivity index (χ2n) is 5.32. The van der Waals surface area contributed by atoms with Gasteiger partial charge in [-0.3, -0.25) is 0 Å². The molecule has 3 nitrogen and oxygen atoms in total. The standard InChI is InChI=1S/C15H23NO2/c1-11(2)10-18-13-7-4-3-6-12(13)15(16)14-8-5-9-17-14/h3-4,6-7,11,14-15H,5,8-10,16H2,1-2H3. The normalized spacial score (nSPS) is 21.2. The summed E-state index contributed by atoms with van der Waals surface area (Å²) in [5.41, 5.74) is 7.36. The van der Waals surface area contributed by atoms with Crippen LogP contribution in [-0.4, -0.2) is 19.3 Å². The first-order valence-electron chi connectivity index (χ1n) is 6.77. The molecule has 3 heteroatoms. The summed E-state index contributed by atoms with van der Waals surface area (Å²) in [6.45, 7) is 5.83. The molecular formula is C15H23NO2. The molecule has 0 bridgehead atoms. The van der Waals surface area contributed by atoms with Gasteiger partial charge in [0, 0.05) is 12.2 Å². The van der Waals surface area contributed by atoms with E-state index in [1.165, 1.54) is 0 Å². The van der Waals surface area contributed by atoms with E-state index in [2.05, 4.69) is 13.8 Å². The van der Waals surface area contributed by atoms with Gasteiger partial charge in [0.05, 0.1) is 18.8 Å². The fraction of sp³-hybridized carbons (Fsp3) is 0.600. The maximum atomic E-state index is 6.30. The first-order valence-corrected chi connectivity index (χ1v) is 6.77. The molecule has 2 rings (SSSR count). The number of hydrogen-bond donors (Lipinski definition) is 1. The van der Waals surface area contributed by atoms with E-state index in [1.807, 2.05) is 24.3 Å². The molecule has 0 aromatic heterocycles. The number of ether oxygens (including phenoxy) is 2. The van der Waals surface area contributed by atoms with Gasteiger partial charge in [-0.05, 0) is 24.8 Å². The minimum Gasteiger partial charge on any atom is -0.493 e. The predicted octanol–water partition coefficient (Wildman–Crippen LogP) is 2.90. The summed E-state index contributed by atoms with van der Waals surface area (Å²) in [6, 6.07) is 7.94. The number of rotatable bonds is 5. The largest absolute Gasteiger partial charge is 0.493 e. The van der Waals surface area contributed by atoms with Crippen molar-refractivity contribution in [2.75, 3.05) is 13.2 Å². The van der Waals surface area contributed by atoms with E-state index < -0.39 is 0 Å². The van der Waals surface area contributed by atoms with Crippen molar-refractivity contribution < 1.29 is 9.47 Å². The van der Waals surface area contributed by atoms with Gasteiger partial charge in [0.1, 0.15) is 5.75 Å². The molecule has 1 aliphatic rings. The molecule has 1 saturated heterocycles. The third-order valence-corrected chi connectivity index (χ3v) is 3.22. The summed E-state index contributed by atoms with van der Waals surface area (Å²) in [6.07, 6.45) is 2.28. The zero-order chi connectivity index (χ0) is 13.0. The van der Waals surface area contributed by atoms with E-state index in [-0.39, 0.29) is 12.1 Å². The first kappa shape index (κ1) is 13.4. The fourth-order valence-electron chi connectivity index (χ4n) is 2.23. The topological polar surface area (TPSA) is 44.5 Å². The number of hydrogen-bond acceptors (Lipinski definition) is 3. The maximum absolute atomic E-state index is 6.30. The SMILES string of the molecule is CC(C)COc1ccccc1C(N)C1CCCO1. The van der Waals surface area contributed by atoms with Crippen LogP contribution in [0.25, 0.3) is 0 Å². The minimum atomic E-state index is -0.0872. The molecule has 0 spiro atoms. The van der Waals surface area contributed by atoms with Gasteiger partial charge in [0.15, 0.2) is 0 Å². The number of para-hydroxylation sites is 1. The van der Waals surface area contributed by atoms with Crippen LogP contribution in [0.15, 0.2) is 24.3 Å². The second kappa shape index (κ2) is 6.21. The van der Waals surface area contributed by atoms with E-state index in [0.29, 0.717) is 5.92 Å². The zero-order valence-corrected chi connectivity index (χ0v) is 11.3. The van der Waals surface area contributed by atoms with Gasteiger partial charge in [-0.2, -0.15) is 0 Å². The van der Waals surface area contributed by atoms with Gasteiger partial charge in [0.25, 0.3) is 0 Å². The highest BCUT2D eigenvalue weighted by atomic mass is 16.5. The third kappa shape index (κ3) is 3.24. The Balaban J connectivity index is 2.10. The Labute approximate surface area is 109 Å². The molecule has 1 aliphatic heterocycles. The minimum absolute atomic E-state index is 0.0872. The number of nitrogens with two attached hydrogens (primary N) is 1. The van der Waals surface area contributed by atoms with E-state index in [1.54, 1.807) is 0 Å². The van der Waals surface area contributed by atoms with Crippen molar-refractivity contribution in [1.82, 2.24) is 0 Å². The summed E-state index contributed by atoms with van der Waals surface area (Å²) >= 11 is 0. The lowest BCUT2D eigenvalue weighted by Gasteiger charge is -2.22. The van der Waals surface area contributed by atoms with Gasteiger partial charge < -0.3 is 15.2 Å². The van der Waals surface area contributed by atoms with Crippen molar-refractivity contribution in [3.05, 3.63) is 29.8 Å². The summed E-state index contributed by atoms with van der Waals surface area (Å²) in [5, 5.41) is 0. The molecule has 2 N–H and O–H groups in total. The number of benzene rings is 1. The van der Waals surface area contributed by atoms with Gasteiger partial charge >= 0.3 is 0 Å². The van der Waals surface area contributed by atoms with Crippen LogP contribution in [0, 0.1) is 5.92 Å². The summed E-state index contributed by atoms with van der Waals surface area (Å²) in [4.78, 5) is 0. The molecule has 0 radical (unpaired) electrons. The first-order chi connectivity index (χ1) is 8.68. The molecule has 100 valence electrons. The third-order valence-electron chi connectivity index (χ3n) is 3.22. The Bertz CT molecular complexity index is 373. The maximum Gasteiger partial charge on any atom is 0.124 e. The average molecular weight is 249 g/mol. The van der Waals surface area contributed by atoms with Crippen LogP contribution in [-0.2, 0) is 4.74 Å². The van der Waals surface area contributed by atoms with Crippen molar-refractivity contribution in [1.29, 1.82) is 0 Å². The van der Waals surface area contributed by atoms with Crippen molar-refractivity contribution in [2.24, 2.45) is 11.7 Å². The van der Waals surface area contributed by atoms with Crippen molar-refractivity contribution in [3.8, 4) is 5.75 Å². The van der Waals surface area contributed by atoms with Crippen molar-refractivity contribution in [3.63, 3.8) is 0 Å². The fourth-order valence-corrected chi connectivity index (χ4v) is 2.23. The second-order valence-corrected chi connectivity index (χ2v) is 5.32. The lowest BCUT2D eigenvalue weighted by atomic mass is 9.99. The Morgan fingerprint density at radius 2 is 2.17 bits per heavy atom. The van der Waals surface area contributed by atoms with Crippen molar-refractivity contribution in [2.45, 2.75) is 38.8 Å². The summed E-state index contributed by atoms with van der Waals surface area (Å²) < 4.78 is 11.5. The van der Waals surface area contributed by atoms with E-state index in [4.69, 9.17) is 15.2 Å².